The standard InChI is InChI=1S/C38H52N6O8S/c1-7-26-19-38(26,34(47)41-53(50,51)28-15-16-28)40-32(45)30-18-27-21-44(30)33(46)31(37(4,5)6)39-35(48)43(23(2)3)17-10-8-9-12-24-13-11-14-25-20-42(22-29(24)25)36(49)52-27/h7,9,11-14,23,26-28,30-31H,1,8,10,15-22H2,2-6H3,(H,39,48)(H,40,45)(H,41,47)/b12-9+/t26-,27-,30+,31-,38-/m1/s1. The predicted molar refractivity (Wildman–Crippen MR) is 197 cm³/mol. The average Bonchev–Trinajstić information content (AvgIpc) is 3.97. The number of amides is 6. The van der Waals surface area contributed by atoms with E-state index in [1.165, 1.54) is 11.0 Å². The maximum absolute atomic E-state index is 14.6. The minimum absolute atomic E-state index is 0.0716. The first-order chi connectivity index (χ1) is 24.9. The number of nitrogens with one attached hydrogen (secondary N) is 3. The Morgan fingerprint density at radius 3 is 2.51 bits per heavy atom. The Bertz CT molecular complexity index is 1820. The van der Waals surface area contributed by atoms with Gasteiger partial charge in [0, 0.05) is 31.5 Å². The molecule has 3 aliphatic heterocycles. The molecule has 3 fully saturated rings. The summed E-state index contributed by atoms with van der Waals surface area (Å²) in [4.78, 5) is 74.4. The zero-order chi connectivity index (χ0) is 38.5. The zero-order valence-corrected chi connectivity index (χ0v) is 32.0. The Hall–Kier alpha value is -4.40. The molecule has 1 aromatic rings. The van der Waals surface area contributed by atoms with Gasteiger partial charge < -0.3 is 25.2 Å². The highest BCUT2D eigenvalue weighted by Crippen LogP contribution is 2.45. The SMILES string of the molecule is C=C[C@@H]1C[C@]1(NC(=O)[C@@H]1C[C@@H]2CN1C(=O)[C@H](C(C)(C)C)NC(=O)N(C(C)C)CCC/C=C/c1cccc3c1CN(C3)C(=O)O2)C(=O)NS(=O)(=O)C1CC1. The second-order valence-corrected chi connectivity index (χ2v) is 18.3. The summed E-state index contributed by atoms with van der Waals surface area (Å²) in [7, 11) is -3.91. The van der Waals surface area contributed by atoms with Crippen LogP contribution >= 0.6 is 0 Å². The number of sulfonamides is 1. The lowest BCUT2D eigenvalue weighted by Crippen LogP contribution is -2.61. The van der Waals surface area contributed by atoms with Gasteiger partial charge in [-0.1, -0.05) is 57.2 Å². The lowest BCUT2D eigenvalue weighted by Gasteiger charge is -2.37. The number of carbonyl (C=O) groups excluding carboxylic acids is 5. The number of nitrogens with zero attached hydrogens (tertiary/aromatic N) is 3. The number of ether oxygens (including phenoxy) is 1. The summed E-state index contributed by atoms with van der Waals surface area (Å²) in [5.41, 5.74) is 0.648. The quantitative estimate of drug-likeness (QED) is 0.356. The number of fused-ring (bicyclic) bond motifs is 3. The topological polar surface area (TPSA) is 175 Å². The van der Waals surface area contributed by atoms with Crippen LogP contribution < -0.4 is 15.4 Å². The summed E-state index contributed by atoms with van der Waals surface area (Å²) < 4.78 is 33.5. The number of rotatable bonds is 7. The Morgan fingerprint density at radius 2 is 1.87 bits per heavy atom. The van der Waals surface area contributed by atoms with Gasteiger partial charge in [-0.25, -0.2) is 18.0 Å². The van der Waals surface area contributed by atoms with Crippen molar-refractivity contribution in [3.63, 3.8) is 0 Å². The van der Waals surface area contributed by atoms with Gasteiger partial charge in [-0.2, -0.15) is 0 Å². The third-order valence-electron chi connectivity index (χ3n) is 11.0. The van der Waals surface area contributed by atoms with Crippen molar-refractivity contribution in [2.24, 2.45) is 11.3 Å². The summed E-state index contributed by atoms with van der Waals surface area (Å²) in [6.45, 7) is 14.0. The number of carbonyl (C=O) groups is 5. The van der Waals surface area contributed by atoms with E-state index in [1.807, 2.05) is 58.9 Å². The lowest BCUT2D eigenvalue weighted by atomic mass is 9.85. The van der Waals surface area contributed by atoms with Crippen LogP contribution in [0.3, 0.4) is 0 Å². The molecule has 2 aliphatic carbocycles. The molecule has 0 spiro atoms. The molecule has 15 heteroatoms. The predicted octanol–water partition coefficient (Wildman–Crippen LogP) is 3.42. The van der Waals surface area contributed by atoms with Crippen LogP contribution in [0.1, 0.15) is 89.8 Å². The molecule has 5 atom stereocenters. The first kappa shape index (κ1) is 38.3. The van der Waals surface area contributed by atoms with Crippen molar-refractivity contribution in [2.45, 2.75) is 121 Å². The van der Waals surface area contributed by atoms with E-state index in [0.717, 1.165) is 16.7 Å². The Balaban J connectivity index is 1.31. The Kier molecular flexibility index (Phi) is 10.4. The third-order valence-corrected chi connectivity index (χ3v) is 12.8. The highest BCUT2D eigenvalue weighted by Gasteiger charge is 2.62. The molecular weight excluding hydrogens is 701 g/mol. The van der Waals surface area contributed by atoms with Crippen LogP contribution in [0.5, 0.6) is 0 Å². The Morgan fingerprint density at radius 1 is 1.13 bits per heavy atom. The fraction of sp³-hybridized carbons (Fsp3) is 0.605. The number of benzene rings is 1. The summed E-state index contributed by atoms with van der Waals surface area (Å²) in [5.74, 6) is -2.63. The monoisotopic (exact) mass is 752 g/mol. The summed E-state index contributed by atoms with van der Waals surface area (Å²) >= 11 is 0. The molecule has 1 saturated heterocycles. The first-order valence-electron chi connectivity index (χ1n) is 18.6. The molecule has 0 aromatic heterocycles. The van der Waals surface area contributed by atoms with E-state index < -0.39 is 80.2 Å². The van der Waals surface area contributed by atoms with Gasteiger partial charge in [0.15, 0.2) is 0 Å². The van der Waals surface area contributed by atoms with Crippen molar-refractivity contribution in [3.05, 3.63) is 53.6 Å². The zero-order valence-electron chi connectivity index (χ0n) is 31.2. The average molecular weight is 753 g/mol. The van der Waals surface area contributed by atoms with Crippen molar-refractivity contribution in [1.82, 2.24) is 30.1 Å². The van der Waals surface area contributed by atoms with Crippen LogP contribution in [0.15, 0.2) is 36.9 Å². The van der Waals surface area contributed by atoms with Crippen molar-refractivity contribution in [1.29, 1.82) is 0 Å². The minimum Gasteiger partial charge on any atom is -0.444 e. The summed E-state index contributed by atoms with van der Waals surface area (Å²) in [5, 5.41) is 5.08. The molecule has 6 amide bonds. The maximum atomic E-state index is 14.6. The van der Waals surface area contributed by atoms with Crippen molar-refractivity contribution >= 4 is 45.9 Å². The number of allylic oxidation sites excluding steroid dienone is 1. The second-order valence-electron chi connectivity index (χ2n) is 16.4. The molecule has 1 aromatic carbocycles. The summed E-state index contributed by atoms with van der Waals surface area (Å²) in [6.07, 6.45) is 6.48. The van der Waals surface area contributed by atoms with E-state index in [1.54, 1.807) is 9.80 Å². The van der Waals surface area contributed by atoms with Gasteiger partial charge in [-0.15, -0.1) is 6.58 Å². The molecule has 0 unspecified atom stereocenters. The normalized spacial score (nSPS) is 28.7. The van der Waals surface area contributed by atoms with Crippen molar-refractivity contribution in [2.75, 3.05) is 13.1 Å². The molecule has 3 heterocycles. The molecule has 3 N–H and O–H groups in total. The molecule has 4 bridgehead atoms. The van der Waals surface area contributed by atoms with Gasteiger partial charge in [-0.05, 0) is 68.1 Å². The van der Waals surface area contributed by atoms with Crippen LogP contribution in [0.4, 0.5) is 9.59 Å². The number of urea groups is 1. The Labute approximate surface area is 311 Å². The molecule has 288 valence electrons. The molecule has 5 aliphatic rings. The third kappa shape index (κ3) is 7.95. The first-order valence-corrected chi connectivity index (χ1v) is 20.1. The minimum atomic E-state index is -3.91. The molecule has 53 heavy (non-hydrogen) atoms. The largest absolute Gasteiger partial charge is 0.444 e. The highest BCUT2D eigenvalue weighted by molar-refractivity contribution is 7.91. The molecule has 14 nitrogen and oxygen atoms in total. The van der Waals surface area contributed by atoms with Gasteiger partial charge in [-0.3, -0.25) is 24.0 Å². The van der Waals surface area contributed by atoms with E-state index in [0.29, 0.717) is 45.3 Å². The van der Waals surface area contributed by atoms with Crippen LogP contribution in [-0.2, 0) is 42.2 Å². The van der Waals surface area contributed by atoms with E-state index >= 15 is 0 Å². The molecule has 6 rings (SSSR count). The smallest absolute Gasteiger partial charge is 0.410 e. The van der Waals surface area contributed by atoms with Gasteiger partial charge in [0.1, 0.15) is 23.7 Å². The van der Waals surface area contributed by atoms with Gasteiger partial charge in [0.2, 0.25) is 21.8 Å². The maximum Gasteiger partial charge on any atom is 0.410 e. The highest BCUT2D eigenvalue weighted by atomic mass is 32.2. The van der Waals surface area contributed by atoms with Crippen LogP contribution in [0.2, 0.25) is 0 Å². The van der Waals surface area contributed by atoms with Gasteiger partial charge in [0.25, 0.3) is 5.91 Å². The molecule has 0 radical (unpaired) electrons. The van der Waals surface area contributed by atoms with E-state index in [-0.39, 0.29) is 25.4 Å². The van der Waals surface area contributed by atoms with Gasteiger partial charge in [0.05, 0.1) is 18.3 Å². The van der Waals surface area contributed by atoms with Crippen molar-refractivity contribution < 1.29 is 37.1 Å². The van der Waals surface area contributed by atoms with Crippen molar-refractivity contribution in [3.8, 4) is 0 Å². The number of hydrogen-bond acceptors (Lipinski definition) is 8. The van der Waals surface area contributed by atoms with E-state index in [9.17, 15) is 32.4 Å². The second kappa shape index (κ2) is 14.4. The molecule has 2 saturated carbocycles. The van der Waals surface area contributed by atoms with Crippen LogP contribution in [-0.4, -0.2) is 101 Å². The van der Waals surface area contributed by atoms with Crippen LogP contribution in [0.25, 0.3) is 6.08 Å². The van der Waals surface area contributed by atoms with Gasteiger partial charge >= 0.3 is 12.1 Å². The fourth-order valence-corrected chi connectivity index (χ4v) is 8.91. The van der Waals surface area contributed by atoms with E-state index in [2.05, 4.69) is 28.0 Å². The fourth-order valence-electron chi connectivity index (χ4n) is 7.55. The molecular formula is C38H52N6O8S. The summed E-state index contributed by atoms with van der Waals surface area (Å²) in [6, 6.07) is 3.08. The van der Waals surface area contributed by atoms with E-state index in [4.69, 9.17) is 4.74 Å². The van der Waals surface area contributed by atoms with Crippen LogP contribution in [0, 0.1) is 11.3 Å². The lowest BCUT2D eigenvalue weighted by molar-refractivity contribution is -0.142. The number of hydrogen-bond donors (Lipinski definition) is 3.